The van der Waals surface area contributed by atoms with Crippen LogP contribution in [0, 0.1) is 6.92 Å². The topological polar surface area (TPSA) is 56.5 Å². The molecular formula is C19H24O4. The van der Waals surface area contributed by atoms with Crippen molar-refractivity contribution in [2.75, 3.05) is 0 Å². The summed E-state index contributed by atoms with van der Waals surface area (Å²) in [5, 5.41) is 0.848. The van der Waals surface area contributed by atoms with E-state index < -0.39 is 5.63 Å². The Morgan fingerprint density at radius 2 is 1.83 bits per heavy atom. The number of aryl methyl sites for hydroxylation is 1. The van der Waals surface area contributed by atoms with Gasteiger partial charge in [-0.2, -0.15) is 0 Å². The Labute approximate surface area is 136 Å². The predicted octanol–water partition coefficient (Wildman–Crippen LogP) is 4.76. The van der Waals surface area contributed by atoms with Crippen LogP contribution in [0.15, 0.2) is 33.5 Å². The van der Waals surface area contributed by atoms with Crippen LogP contribution in [0.1, 0.15) is 57.4 Å². The van der Waals surface area contributed by atoms with E-state index in [2.05, 4.69) is 6.92 Å². The quantitative estimate of drug-likeness (QED) is 0.305. The summed E-state index contributed by atoms with van der Waals surface area (Å²) in [5.41, 5.74) is 0.895. The summed E-state index contributed by atoms with van der Waals surface area (Å²) in [6.07, 6.45) is 7.20. The second kappa shape index (κ2) is 8.51. The van der Waals surface area contributed by atoms with Crippen molar-refractivity contribution in [1.82, 2.24) is 0 Å². The zero-order valence-electron chi connectivity index (χ0n) is 13.9. The maximum absolute atomic E-state index is 11.9. The summed E-state index contributed by atoms with van der Waals surface area (Å²) in [5.74, 6) is 0.178. The fraction of sp³-hybridized carbons (Fsp3) is 0.474. The van der Waals surface area contributed by atoms with Gasteiger partial charge in [-0.1, -0.05) is 39.0 Å². The van der Waals surface area contributed by atoms with Crippen molar-refractivity contribution >= 4 is 16.9 Å². The minimum Gasteiger partial charge on any atom is -0.426 e. The highest BCUT2D eigenvalue weighted by Crippen LogP contribution is 2.22. The number of ether oxygens (including phenoxy) is 1. The van der Waals surface area contributed by atoms with Crippen LogP contribution in [0.3, 0.4) is 0 Å². The van der Waals surface area contributed by atoms with Gasteiger partial charge in [0.25, 0.3) is 0 Å². The van der Waals surface area contributed by atoms with Gasteiger partial charge in [0.2, 0.25) is 0 Å². The summed E-state index contributed by atoms with van der Waals surface area (Å²) in [7, 11) is 0. The number of hydrogen-bond acceptors (Lipinski definition) is 4. The molecule has 0 unspecified atom stereocenters. The monoisotopic (exact) mass is 316 g/mol. The second-order valence-electron chi connectivity index (χ2n) is 5.90. The number of carbonyl (C=O) groups excluding carboxylic acids is 1. The van der Waals surface area contributed by atoms with Gasteiger partial charge in [0.05, 0.1) is 0 Å². The van der Waals surface area contributed by atoms with Gasteiger partial charge in [0, 0.05) is 23.9 Å². The molecule has 0 fully saturated rings. The number of rotatable bonds is 8. The summed E-state index contributed by atoms with van der Waals surface area (Å²) < 4.78 is 10.5. The van der Waals surface area contributed by atoms with Gasteiger partial charge in [0.1, 0.15) is 11.3 Å². The van der Waals surface area contributed by atoms with E-state index in [4.69, 9.17) is 9.15 Å². The minimum absolute atomic E-state index is 0.241. The van der Waals surface area contributed by atoms with Crippen LogP contribution in [0.5, 0.6) is 5.75 Å². The Bertz CT molecular complexity index is 715. The molecule has 0 saturated heterocycles. The molecule has 0 saturated carbocycles. The standard InChI is InChI=1S/C19H24O4/c1-3-4-5-6-7-8-9-18(20)22-15-10-11-16-14(2)12-19(21)23-17(16)13-15/h10-13H,3-9H2,1-2H3. The number of fused-ring (bicyclic) bond motifs is 1. The Morgan fingerprint density at radius 1 is 1.09 bits per heavy atom. The first kappa shape index (κ1) is 17.3. The Balaban J connectivity index is 1.89. The molecule has 2 rings (SSSR count). The molecule has 0 atom stereocenters. The van der Waals surface area contributed by atoms with E-state index in [1.807, 2.05) is 6.92 Å². The molecule has 124 valence electrons. The van der Waals surface area contributed by atoms with Crippen molar-refractivity contribution in [2.45, 2.75) is 58.8 Å². The zero-order chi connectivity index (χ0) is 16.7. The van der Waals surface area contributed by atoms with Gasteiger partial charge in [-0.25, -0.2) is 4.79 Å². The molecule has 0 spiro atoms. The van der Waals surface area contributed by atoms with Crippen LogP contribution in [0.2, 0.25) is 0 Å². The third-order valence-electron chi connectivity index (χ3n) is 3.89. The number of benzene rings is 1. The van der Waals surface area contributed by atoms with E-state index in [0.717, 1.165) is 23.8 Å². The fourth-order valence-corrected chi connectivity index (χ4v) is 2.60. The summed E-state index contributed by atoms with van der Waals surface area (Å²) in [4.78, 5) is 23.3. The van der Waals surface area contributed by atoms with Crippen molar-refractivity contribution in [3.8, 4) is 5.75 Å². The van der Waals surface area contributed by atoms with Gasteiger partial charge in [-0.3, -0.25) is 4.79 Å². The third kappa shape index (κ3) is 5.23. The van der Waals surface area contributed by atoms with Crippen molar-refractivity contribution in [3.05, 3.63) is 40.2 Å². The lowest BCUT2D eigenvalue weighted by Gasteiger charge is -2.06. The lowest BCUT2D eigenvalue weighted by Crippen LogP contribution is -2.07. The van der Waals surface area contributed by atoms with Crippen LogP contribution >= 0.6 is 0 Å². The van der Waals surface area contributed by atoms with E-state index in [1.54, 1.807) is 18.2 Å². The van der Waals surface area contributed by atoms with Crippen molar-refractivity contribution in [2.24, 2.45) is 0 Å². The summed E-state index contributed by atoms with van der Waals surface area (Å²) in [6, 6.07) is 6.59. The molecule has 4 nitrogen and oxygen atoms in total. The van der Waals surface area contributed by atoms with E-state index in [1.165, 1.54) is 31.7 Å². The number of hydrogen-bond donors (Lipinski definition) is 0. The van der Waals surface area contributed by atoms with Crippen molar-refractivity contribution in [1.29, 1.82) is 0 Å². The van der Waals surface area contributed by atoms with E-state index in [0.29, 0.717) is 17.8 Å². The van der Waals surface area contributed by atoms with E-state index in [9.17, 15) is 9.59 Å². The summed E-state index contributed by atoms with van der Waals surface area (Å²) >= 11 is 0. The molecule has 1 aromatic heterocycles. The van der Waals surface area contributed by atoms with Crippen molar-refractivity contribution < 1.29 is 13.9 Å². The fourth-order valence-electron chi connectivity index (χ4n) is 2.60. The van der Waals surface area contributed by atoms with Crippen LogP contribution in [-0.4, -0.2) is 5.97 Å². The largest absolute Gasteiger partial charge is 0.426 e. The van der Waals surface area contributed by atoms with Crippen LogP contribution in [0.25, 0.3) is 11.0 Å². The van der Waals surface area contributed by atoms with Gasteiger partial charge in [-0.15, -0.1) is 0 Å². The molecule has 0 N–H and O–H groups in total. The molecule has 2 aromatic rings. The van der Waals surface area contributed by atoms with Gasteiger partial charge >= 0.3 is 11.6 Å². The van der Waals surface area contributed by atoms with Crippen LogP contribution < -0.4 is 10.4 Å². The number of carbonyl (C=O) groups is 1. The SMILES string of the molecule is CCCCCCCCC(=O)Oc1ccc2c(C)cc(=O)oc2c1. The first-order chi connectivity index (χ1) is 11.1. The average Bonchev–Trinajstić information content (AvgIpc) is 2.50. The molecule has 0 aliphatic heterocycles. The Morgan fingerprint density at radius 3 is 2.61 bits per heavy atom. The Hall–Kier alpha value is -2.10. The molecule has 4 heteroatoms. The molecule has 0 bridgehead atoms. The molecule has 1 aromatic carbocycles. The molecule has 0 amide bonds. The Kier molecular flexibility index (Phi) is 6.39. The number of esters is 1. The zero-order valence-corrected chi connectivity index (χ0v) is 13.9. The van der Waals surface area contributed by atoms with Gasteiger partial charge in [0.15, 0.2) is 0 Å². The lowest BCUT2D eigenvalue weighted by molar-refractivity contribution is -0.134. The maximum Gasteiger partial charge on any atom is 0.336 e. The molecule has 1 heterocycles. The highest BCUT2D eigenvalue weighted by atomic mass is 16.5. The second-order valence-corrected chi connectivity index (χ2v) is 5.90. The van der Waals surface area contributed by atoms with Gasteiger partial charge in [-0.05, 0) is 31.0 Å². The normalized spacial score (nSPS) is 10.9. The van der Waals surface area contributed by atoms with Gasteiger partial charge < -0.3 is 9.15 Å². The first-order valence-corrected chi connectivity index (χ1v) is 8.35. The van der Waals surface area contributed by atoms with Crippen LogP contribution in [0.4, 0.5) is 0 Å². The van der Waals surface area contributed by atoms with Crippen LogP contribution in [-0.2, 0) is 4.79 Å². The molecule has 23 heavy (non-hydrogen) atoms. The molecule has 0 aliphatic rings. The lowest BCUT2D eigenvalue weighted by atomic mass is 10.1. The summed E-state index contributed by atoms with van der Waals surface area (Å²) in [6.45, 7) is 4.04. The van der Waals surface area contributed by atoms with E-state index in [-0.39, 0.29) is 5.97 Å². The minimum atomic E-state index is -0.398. The number of unbranched alkanes of at least 4 members (excludes halogenated alkanes) is 5. The smallest absolute Gasteiger partial charge is 0.336 e. The molecule has 0 aliphatic carbocycles. The van der Waals surface area contributed by atoms with E-state index >= 15 is 0 Å². The predicted molar refractivity (Wildman–Crippen MR) is 90.8 cm³/mol. The highest BCUT2D eigenvalue weighted by Gasteiger charge is 2.08. The molecule has 0 radical (unpaired) electrons. The highest BCUT2D eigenvalue weighted by molar-refractivity contribution is 5.82. The average molecular weight is 316 g/mol. The first-order valence-electron chi connectivity index (χ1n) is 8.35. The van der Waals surface area contributed by atoms with Crippen molar-refractivity contribution in [3.63, 3.8) is 0 Å². The maximum atomic E-state index is 11.9. The molecular weight excluding hydrogens is 292 g/mol. The third-order valence-corrected chi connectivity index (χ3v) is 3.89.